The van der Waals surface area contributed by atoms with Gasteiger partial charge in [0, 0.05) is 0 Å². The zero-order chi connectivity index (χ0) is 19.1. The maximum absolute atomic E-state index is 13.4. The molecule has 1 aliphatic rings. The molecule has 3 rings (SSSR count). The summed E-state index contributed by atoms with van der Waals surface area (Å²) in [5.74, 6) is -0.662. The highest BCUT2D eigenvalue weighted by molar-refractivity contribution is 7.93. The van der Waals surface area contributed by atoms with Crippen molar-refractivity contribution in [2.75, 3.05) is 15.1 Å². The van der Waals surface area contributed by atoms with Crippen LogP contribution < -0.4 is 9.21 Å². The number of amides is 1. The molecule has 0 saturated carbocycles. The van der Waals surface area contributed by atoms with E-state index in [1.807, 2.05) is 20.8 Å². The number of carbonyl (C=O) groups is 1. The fourth-order valence-electron chi connectivity index (χ4n) is 3.25. The first-order chi connectivity index (χ1) is 12.3. The second kappa shape index (κ2) is 6.93. The zero-order valence-corrected chi connectivity index (χ0v) is 16.5. The number of rotatable bonds is 4. The van der Waals surface area contributed by atoms with Gasteiger partial charge in [-0.25, -0.2) is 12.7 Å². The summed E-state index contributed by atoms with van der Waals surface area (Å²) >= 11 is 5.81. The molecule has 0 N–H and O–H groups in total. The lowest BCUT2D eigenvalue weighted by atomic mass is 10.1. The summed E-state index contributed by atoms with van der Waals surface area (Å²) in [7, 11) is -3.84. The van der Waals surface area contributed by atoms with Crippen LogP contribution in [0, 0.1) is 12.8 Å². The van der Waals surface area contributed by atoms with Gasteiger partial charge >= 0.3 is 0 Å². The molecule has 1 heterocycles. The van der Waals surface area contributed by atoms with Crippen LogP contribution in [-0.4, -0.2) is 26.4 Å². The van der Waals surface area contributed by atoms with Crippen LogP contribution in [0.1, 0.15) is 19.4 Å². The fourth-order valence-corrected chi connectivity index (χ4v) is 5.13. The van der Waals surface area contributed by atoms with Crippen molar-refractivity contribution >= 4 is 38.9 Å². The van der Waals surface area contributed by atoms with Crippen LogP contribution >= 0.6 is 11.6 Å². The molecule has 1 atom stereocenters. The van der Waals surface area contributed by atoms with E-state index in [-0.39, 0.29) is 22.6 Å². The van der Waals surface area contributed by atoms with E-state index in [0.29, 0.717) is 11.4 Å². The number of benzene rings is 2. The SMILES string of the molecule is Cc1ccc(S(=O)(=O)N2c3ccccc3N(C(=O)CCl)[C@@H]2C(C)C)cc1. The Balaban J connectivity index is 2.21. The minimum Gasteiger partial charge on any atom is -0.287 e. The number of sulfonamides is 1. The number of hydrogen-bond donors (Lipinski definition) is 0. The van der Waals surface area contributed by atoms with E-state index in [1.165, 1.54) is 9.21 Å². The summed E-state index contributed by atoms with van der Waals surface area (Å²) in [6.45, 7) is 5.69. The molecule has 0 bridgehead atoms. The smallest absolute Gasteiger partial charge is 0.266 e. The third kappa shape index (κ3) is 2.97. The number of alkyl halides is 1. The maximum Gasteiger partial charge on any atom is 0.266 e. The van der Waals surface area contributed by atoms with Crippen LogP contribution in [0.4, 0.5) is 11.4 Å². The molecule has 1 amide bonds. The molecule has 0 aromatic heterocycles. The predicted molar refractivity (Wildman–Crippen MR) is 104 cm³/mol. The standard InChI is InChI=1S/C19H21ClN2O3S/c1-13(2)19-21(18(23)12-20)16-6-4-5-7-17(16)22(19)26(24,25)15-10-8-14(3)9-11-15/h4-11,13,19H,12H2,1-3H3/t19-/m0/s1. The van der Waals surface area contributed by atoms with Crippen LogP contribution in [0.3, 0.4) is 0 Å². The highest BCUT2D eigenvalue weighted by Gasteiger charge is 2.46. The number of fused-ring (bicyclic) bond motifs is 1. The normalized spacial score (nSPS) is 16.9. The molecule has 0 radical (unpaired) electrons. The van der Waals surface area contributed by atoms with E-state index in [9.17, 15) is 13.2 Å². The van der Waals surface area contributed by atoms with E-state index in [4.69, 9.17) is 11.6 Å². The number of aryl methyl sites for hydroxylation is 1. The zero-order valence-electron chi connectivity index (χ0n) is 14.9. The third-order valence-corrected chi connectivity index (χ3v) is 6.47. The number of nitrogens with zero attached hydrogens (tertiary/aromatic N) is 2. The van der Waals surface area contributed by atoms with Gasteiger partial charge in [0.2, 0.25) is 5.91 Å². The van der Waals surface area contributed by atoms with Crippen molar-refractivity contribution in [1.82, 2.24) is 0 Å². The minimum atomic E-state index is -3.84. The topological polar surface area (TPSA) is 57.7 Å². The van der Waals surface area contributed by atoms with Gasteiger partial charge in [0.25, 0.3) is 10.0 Å². The van der Waals surface area contributed by atoms with Crippen LogP contribution in [0.25, 0.3) is 0 Å². The van der Waals surface area contributed by atoms with Crippen LogP contribution in [0.2, 0.25) is 0 Å². The molecule has 0 unspecified atom stereocenters. The summed E-state index contributed by atoms with van der Waals surface area (Å²) in [6, 6.07) is 13.7. The summed E-state index contributed by atoms with van der Waals surface area (Å²) in [5, 5.41) is 0. The number of para-hydroxylation sites is 2. The number of carbonyl (C=O) groups excluding carboxylic acids is 1. The molecule has 2 aromatic rings. The summed E-state index contributed by atoms with van der Waals surface area (Å²) in [5.41, 5.74) is 2.03. The summed E-state index contributed by atoms with van der Waals surface area (Å²) < 4.78 is 28.2. The molecule has 7 heteroatoms. The average Bonchev–Trinajstić information content (AvgIpc) is 2.97. The Kier molecular flexibility index (Phi) is 4.99. The second-order valence-electron chi connectivity index (χ2n) is 6.66. The van der Waals surface area contributed by atoms with Gasteiger partial charge in [0.1, 0.15) is 12.0 Å². The number of anilines is 2. The van der Waals surface area contributed by atoms with Crippen molar-refractivity contribution in [2.45, 2.75) is 31.8 Å². The second-order valence-corrected chi connectivity index (χ2v) is 8.74. The molecule has 2 aromatic carbocycles. The first-order valence-electron chi connectivity index (χ1n) is 8.37. The van der Waals surface area contributed by atoms with E-state index in [0.717, 1.165) is 5.56 Å². The van der Waals surface area contributed by atoms with Gasteiger partial charge in [0.15, 0.2) is 0 Å². The summed E-state index contributed by atoms with van der Waals surface area (Å²) in [4.78, 5) is 14.2. The van der Waals surface area contributed by atoms with Gasteiger partial charge in [-0.05, 0) is 37.1 Å². The van der Waals surface area contributed by atoms with Crippen LogP contribution in [0.5, 0.6) is 0 Å². The van der Waals surface area contributed by atoms with E-state index in [1.54, 1.807) is 48.5 Å². The Morgan fingerprint density at radius 3 is 2.19 bits per heavy atom. The van der Waals surface area contributed by atoms with E-state index >= 15 is 0 Å². The van der Waals surface area contributed by atoms with Crippen LogP contribution in [0.15, 0.2) is 53.4 Å². The molecule has 1 aliphatic heterocycles. The molecule has 5 nitrogen and oxygen atoms in total. The Bertz CT molecular complexity index is 926. The van der Waals surface area contributed by atoms with Gasteiger partial charge in [-0.15, -0.1) is 11.6 Å². The van der Waals surface area contributed by atoms with Gasteiger partial charge in [-0.2, -0.15) is 0 Å². The molecule has 0 spiro atoms. The van der Waals surface area contributed by atoms with Crippen molar-refractivity contribution in [3.05, 3.63) is 54.1 Å². The van der Waals surface area contributed by atoms with Gasteiger partial charge < -0.3 is 0 Å². The lowest BCUT2D eigenvalue weighted by Crippen LogP contribution is -2.52. The minimum absolute atomic E-state index is 0.130. The van der Waals surface area contributed by atoms with Crippen molar-refractivity contribution in [3.8, 4) is 0 Å². The van der Waals surface area contributed by atoms with Crippen molar-refractivity contribution in [1.29, 1.82) is 0 Å². The molecular formula is C19H21ClN2O3S. The lowest BCUT2D eigenvalue weighted by Gasteiger charge is -2.33. The highest BCUT2D eigenvalue weighted by Crippen LogP contribution is 2.44. The monoisotopic (exact) mass is 392 g/mol. The molecule has 138 valence electrons. The number of halogens is 1. The van der Waals surface area contributed by atoms with E-state index < -0.39 is 16.2 Å². The Labute approximate surface area is 159 Å². The van der Waals surface area contributed by atoms with Crippen molar-refractivity contribution in [2.24, 2.45) is 5.92 Å². The van der Waals surface area contributed by atoms with Crippen molar-refractivity contribution in [3.63, 3.8) is 0 Å². The predicted octanol–water partition coefficient (Wildman–Crippen LogP) is 3.76. The fraction of sp³-hybridized carbons (Fsp3) is 0.316. The molecule has 0 fully saturated rings. The summed E-state index contributed by atoms with van der Waals surface area (Å²) in [6.07, 6.45) is -0.662. The average molecular weight is 393 g/mol. The lowest BCUT2D eigenvalue weighted by molar-refractivity contribution is -0.116. The first kappa shape index (κ1) is 18.7. The third-order valence-electron chi connectivity index (χ3n) is 4.44. The molecule has 0 saturated heterocycles. The van der Waals surface area contributed by atoms with Gasteiger partial charge in [0.05, 0.1) is 16.3 Å². The first-order valence-corrected chi connectivity index (χ1v) is 10.3. The highest BCUT2D eigenvalue weighted by atomic mass is 35.5. The van der Waals surface area contributed by atoms with Gasteiger partial charge in [-0.3, -0.25) is 9.69 Å². The Hall–Kier alpha value is -2.05. The van der Waals surface area contributed by atoms with Gasteiger partial charge in [-0.1, -0.05) is 43.7 Å². The maximum atomic E-state index is 13.4. The molecule has 0 aliphatic carbocycles. The number of hydrogen-bond acceptors (Lipinski definition) is 3. The largest absolute Gasteiger partial charge is 0.287 e. The Morgan fingerprint density at radius 1 is 1.08 bits per heavy atom. The quantitative estimate of drug-likeness (QED) is 0.744. The Morgan fingerprint density at radius 2 is 1.65 bits per heavy atom. The van der Waals surface area contributed by atoms with Crippen LogP contribution in [-0.2, 0) is 14.8 Å². The van der Waals surface area contributed by atoms with E-state index in [2.05, 4.69) is 0 Å². The molecule has 26 heavy (non-hydrogen) atoms. The molecular weight excluding hydrogens is 372 g/mol. The van der Waals surface area contributed by atoms with Crippen molar-refractivity contribution < 1.29 is 13.2 Å².